The summed E-state index contributed by atoms with van der Waals surface area (Å²) in [6.07, 6.45) is 0. The van der Waals surface area contributed by atoms with Crippen molar-refractivity contribution in [2.45, 2.75) is 20.8 Å². The average Bonchev–Trinajstić information content (AvgIpc) is 2.05. The van der Waals surface area contributed by atoms with Gasteiger partial charge in [-0.3, -0.25) is 4.79 Å². The zero-order chi connectivity index (χ0) is 9.72. The normalized spacial score (nSPS) is 12.4. The summed E-state index contributed by atoms with van der Waals surface area (Å²) in [6.45, 7) is 5.08. The summed E-state index contributed by atoms with van der Waals surface area (Å²) < 4.78 is 25.6. The Hall–Kier alpha value is -0.930. The van der Waals surface area contributed by atoms with Crippen molar-refractivity contribution >= 4 is 5.78 Å². The molecule has 0 radical (unpaired) electrons. The van der Waals surface area contributed by atoms with Crippen molar-refractivity contribution in [1.82, 2.24) is 4.90 Å². The van der Waals surface area contributed by atoms with Crippen LogP contribution in [0.3, 0.4) is 0 Å². The molecular formula is C8H13F2NO. The second-order valence-corrected chi connectivity index (χ2v) is 2.33. The Bertz CT molecular complexity index is 197. The van der Waals surface area contributed by atoms with Crippen LogP contribution in [0.2, 0.25) is 0 Å². The molecule has 0 atom stereocenters. The molecule has 4 heteroatoms. The molecule has 0 aliphatic carbocycles. The molecule has 0 spiro atoms. The summed E-state index contributed by atoms with van der Waals surface area (Å²) in [7, 11) is 0. The van der Waals surface area contributed by atoms with Gasteiger partial charge in [0.25, 0.3) is 0 Å². The lowest BCUT2D eigenvalue weighted by Gasteiger charge is -2.17. The summed E-state index contributed by atoms with van der Waals surface area (Å²) >= 11 is 0. The lowest BCUT2D eigenvalue weighted by Crippen LogP contribution is -2.21. The van der Waals surface area contributed by atoms with Crippen LogP contribution in [0.4, 0.5) is 8.78 Å². The highest BCUT2D eigenvalue weighted by Crippen LogP contribution is 2.13. The molecule has 0 N–H and O–H groups in total. The van der Waals surface area contributed by atoms with Gasteiger partial charge in [-0.05, 0) is 13.8 Å². The van der Waals surface area contributed by atoms with E-state index in [1.807, 2.05) is 0 Å². The quantitative estimate of drug-likeness (QED) is 0.483. The number of halogens is 2. The summed E-state index contributed by atoms with van der Waals surface area (Å²) in [5, 5.41) is 0. The first-order valence-corrected chi connectivity index (χ1v) is 3.85. The van der Waals surface area contributed by atoms with E-state index in [4.69, 9.17) is 0 Å². The number of Topliss-reactive ketones (excluding diaryl/α,β-unsaturated/α-hetero) is 1. The topological polar surface area (TPSA) is 20.3 Å². The minimum Gasteiger partial charge on any atom is -0.347 e. The fraction of sp³-hybridized carbons (Fsp3) is 0.625. The maximum absolute atomic E-state index is 12.9. The van der Waals surface area contributed by atoms with Crippen molar-refractivity contribution < 1.29 is 13.6 Å². The molecule has 0 aliphatic rings. The van der Waals surface area contributed by atoms with Gasteiger partial charge in [-0.25, -0.2) is 0 Å². The number of nitrogens with zero attached hydrogens (tertiary/aromatic N) is 1. The third kappa shape index (κ3) is 2.60. The van der Waals surface area contributed by atoms with Crippen molar-refractivity contribution in [3.63, 3.8) is 0 Å². The second kappa shape index (κ2) is 4.85. The highest BCUT2D eigenvalue weighted by molar-refractivity contribution is 5.91. The Morgan fingerprint density at radius 2 is 1.67 bits per heavy atom. The van der Waals surface area contributed by atoms with Crippen LogP contribution in [-0.4, -0.2) is 23.8 Å². The maximum atomic E-state index is 12.9. The van der Waals surface area contributed by atoms with Gasteiger partial charge in [-0.1, -0.05) is 0 Å². The molecule has 0 heterocycles. The largest absolute Gasteiger partial charge is 0.347 e. The predicted molar refractivity (Wildman–Crippen MR) is 42.8 cm³/mol. The number of hydrogen-bond acceptors (Lipinski definition) is 2. The Labute approximate surface area is 70.9 Å². The molecule has 70 valence electrons. The number of carbonyl (C=O) groups is 1. The van der Waals surface area contributed by atoms with E-state index >= 15 is 0 Å². The summed E-state index contributed by atoms with van der Waals surface area (Å²) in [6, 6.07) is 0. The highest BCUT2D eigenvalue weighted by atomic mass is 19.2. The van der Waals surface area contributed by atoms with Crippen molar-refractivity contribution in [2.75, 3.05) is 13.1 Å². The van der Waals surface area contributed by atoms with Gasteiger partial charge in [-0.2, -0.15) is 8.78 Å². The molecule has 12 heavy (non-hydrogen) atoms. The fourth-order valence-corrected chi connectivity index (χ4v) is 0.785. The van der Waals surface area contributed by atoms with Crippen molar-refractivity contribution in [3.05, 3.63) is 11.8 Å². The predicted octanol–water partition coefficient (Wildman–Crippen LogP) is 2.03. The van der Waals surface area contributed by atoms with E-state index in [2.05, 4.69) is 0 Å². The molecule has 0 unspecified atom stereocenters. The number of hydrogen-bond donors (Lipinski definition) is 0. The molecular weight excluding hydrogens is 164 g/mol. The average molecular weight is 177 g/mol. The molecule has 0 saturated carbocycles. The van der Waals surface area contributed by atoms with Gasteiger partial charge < -0.3 is 4.90 Å². The van der Waals surface area contributed by atoms with Crippen molar-refractivity contribution in [1.29, 1.82) is 0 Å². The van der Waals surface area contributed by atoms with E-state index in [1.165, 1.54) is 0 Å². The maximum Gasteiger partial charge on any atom is 0.229 e. The third-order valence-corrected chi connectivity index (χ3v) is 1.53. The first-order valence-electron chi connectivity index (χ1n) is 3.85. The van der Waals surface area contributed by atoms with E-state index in [0.29, 0.717) is 13.1 Å². The van der Waals surface area contributed by atoms with E-state index < -0.39 is 17.6 Å². The van der Waals surface area contributed by atoms with Crippen LogP contribution in [0.25, 0.3) is 0 Å². The second-order valence-electron chi connectivity index (χ2n) is 2.33. The van der Waals surface area contributed by atoms with Gasteiger partial charge in [0, 0.05) is 20.0 Å². The number of ketones is 1. The van der Waals surface area contributed by atoms with Gasteiger partial charge in [0.05, 0.1) is 0 Å². The Morgan fingerprint density at radius 3 is 1.92 bits per heavy atom. The van der Waals surface area contributed by atoms with Crippen LogP contribution < -0.4 is 0 Å². The van der Waals surface area contributed by atoms with Gasteiger partial charge in [-0.15, -0.1) is 0 Å². The van der Waals surface area contributed by atoms with Crippen LogP contribution in [0.1, 0.15) is 20.8 Å². The molecule has 0 aromatic carbocycles. The molecule has 0 bridgehead atoms. The number of allylic oxidation sites excluding steroid dienone is 1. The highest BCUT2D eigenvalue weighted by Gasteiger charge is 2.15. The Balaban J connectivity index is 4.62. The first-order chi connectivity index (χ1) is 5.54. The SMILES string of the molecule is CCN(CC)/C(F)=C(\F)C(C)=O. The standard InChI is InChI=1S/C8H13F2NO/c1-4-11(5-2)8(10)7(9)6(3)12/h4-5H2,1-3H3/b8-7-. The summed E-state index contributed by atoms with van der Waals surface area (Å²) in [4.78, 5) is 11.6. The minimum absolute atomic E-state index is 0.350. The molecule has 0 aromatic rings. The van der Waals surface area contributed by atoms with Gasteiger partial charge in [0.1, 0.15) is 0 Å². The van der Waals surface area contributed by atoms with Crippen LogP contribution >= 0.6 is 0 Å². The molecule has 0 fully saturated rings. The Morgan fingerprint density at radius 1 is 1.25 bits per heavy atom. The monoisotopic (exact) mass is 177 g/mol. The molecule has 0 saturated heterocycles. The fourth-order valence-electron chi connectivity index (χ4n) is 0.785. The van der Waals surface area contributed by atoms with E-state index in [1.54, 1.807) is 13.8 Å². The van der Waals surface area contributed by atoms with Crippen LogP contribution in [0, 0.1) is 0 Å². The van der Waals surface area contributed by atoms with Crippen LogP contribution in [0.5, 0.6) is 0 Å². The number of carbonyl (C=O) groups excluding carboxylic acids is 1. The van der Waals surface area contributed by atoms with Crippen LogP contribution in [-0.2, 0) is 4.79 Å². The van der Waals surface area contributed by atoms with Crippen molar-refractivity contribution in [3.8, 4) is 0 Å². The van der Waals surface area contributed by atoms with E-state index in [9.17, 15) is 13.6 Å². The lowest BCUT2D eigenvalue weighted by atomic mass is 10.4. The minimum atomic E-state index is -1.29. The summed E-state index contributed by atoms with van der Waals surface area (Å²) in [5.74, 6) is -3.23. The molecule has 2 nitrogen and oxygen atoms in total. The molecule has 0 aliphatic heterocycles. The lowest BCUT2D eigenvalue weighted by molar-refractivity contribution is -0.115. The molecule has 0 rings (SSSR count). The Kier molecular flexibility index (Phi) is 4.47. The summed E-state index contributed by atoms with van der Waals surface area (Å²) in [5.41, 5.74) is 0. The van der Waals surface area contributed by atoms with Gasteiger partial charge in [0.15, 0.2) is 5.78 Å². The third-order valence-electron chi connectivity index (χ3n) is 1.53. The van der Waals surface area contributed by atoms with Gasteiger partial charge in [0.2, 0.25) is 11.8 Å². The van der Waals surface area contributed by atoms with Crippen molar-refractivity contribution in [2.24, 2.45) is 0 Å². The van der Waals surface area contributed by atoms with Gasteiger partial charge >= 0.3 is 0 Å². The first kappa shape index (κ1) is 11.1. The molecule has 0 amide bonds. The van der Waals surface area contributed by atoms with E-state index in [0.717, 1.165) is 11.8 Å². The van der Waals surface area contributed by atoms with Crippen LogP contribution in [0.15, 0.2) is 11.8 Å². The zero-order valence-electron chi connectivity index (χ0n) is 7.53. The smallest absolute Gasteiger partial charge is 0.229 e. The number of rotatable bonds is 4. The zero-order valence-corrected chi connectivity index (χ0v) is 7.53. The molecule has 0 aromatic heterocycles. The van der Waals surface area contributed by atoms with E-state index in [-0.39, 0.29) is 0 Å².